The average Bonchev–Trinajstić information content (AvgIpc) is 3.00. The van der Waals surface area contributed by atoms with Crippen LogP contribution in [0.4, 0.5) is 0 Å². The number of carbonyl (C=O) groups excluding carboxylic acids is 1. The second-order valence-corrected chi connectivity index (χ2v) is 5.25. The summed E-state index contributed by atoms with van der Waals surface area (Å²) < 4.78 is 5.21. The second kappa shape index (κ2) is 5.25. The van der Waals surface area contributed by atoms with Crippen molar-refractivity contribution in [2.75, 3.05) is 0 Å². The molecule has 1 aliphatic rings. The average molecular weight is 292 g/mol. The van der Waals surface area contributed by atoms with E-state index in [2.05, 4.69) is 10.1 Å². The quantitative estimate of drug-likeness (QED) is 0.872. The van der Waals surface area contributed by atoms with Crippen LogP contribution < -0.4 is 0 Å². The summed E-state index contributed by atoms with van der Waals surface area (Å²) in [6.07, 6.45) is 1.20. The molecule has 2 heterocycles. The Kier molecular flexibility index (Phi) is 3.44. The third-order valence-corrected chi connectivity index (χ3v) is 3.82. The molecule has 20 heavy (non-hydrogen) atoms. The molecule has 0 aliphatic carbocycles. The van der Waals surface area contributed by atoms with Crippen molar-refractivity contribution in [3.8, 4) is 0 Å². The maximum atomic E-state index is 12.1. The number of hydrogen-bond acceptors (Lipinski definition) is 4. The molecular formula is C14H14ClN3O2. The predicted octanol–water partition coefficient (Wildman–Crippen LogP) is 2.90. The lowest BCUT2D eigenvalue weighted by atomic mass is 10.2. The molecule has 1 aromatic carbocycles. The summed E-state index contributed by atoms with van der Waals surface area (Å²) >= 11 is 6.16. The molecule has 0 radical (unpaired) electrons. The number of benzene rings is 1. The third kappa shape index (κ3) is 2.41. The van der Waals surface area contributed by atoms with Gasteiger partial charge in [-0.3, -0.25) is 4.79 Å². The number of hydrogen-bond donors (Lipinski definition) is 0. The third-order valence-electron chi connectivity index (χ3n) is 3.46. The first kappa shape index (κ1) is 13.1. The van der Waals surface area contributed by atoms with E-state index in [1.807, 2.05) is 24.3 Å². The number of rotatable bonds is 3. The Balaban J connectivity index is 1.86. The minimum Gasteiger partial charge on any atom is -0.337 e. The highest BCUT2D eigenvalue weighted by Gasteiger charge is 2.35. The van der Waals surface area contributed by atoms with E-state index < -0.39 is 0 Å². The number of likely N-dealkylation sites (tertiary alicyclic amines) is 1. The van der Waals surface area contributed by atoms with Crippen LogP contribution in [0.2, 0.25) is 5.02 Å². The standard InChI is InChI=1S/C14H14ClN3O2/c1-9-16-14(20-17-9)12-6-7-13(19)18(12)8-10-4-2-3-5-11(10)15/h2-5,12H,6-8H2,1H3. The van der Waals surface area contributed by atoms with E-state index in [1.54, 1.807) is 11.8 Å². The number of halogens is 1. The van der Waals surface area contributed by atoms with Crippen molar-refractivity contribution in [3.63, 3.8) is 0 Å². The van der Waals surface area contributed by atoms with Crippen LogP contribution in [0.25, 0.3) is 0 Å². The largest absolute Gasteiger partial charge is 0.337 e. The molecule has 0 bridgehead atoms. The van der Waals surface area contributed by atoms with Gasteiger partial charge in [0.25, 0.3) is 0 Å². The lowest BCUT2D eigenvalue weighted by Gasteiger charge is -2.22. The van der Waals surface area contributed by atoms with Crippen molar-refractivity contribution in [1.29, 1.82) is 0 Å². The van der Waals surface area contributed by atoms with Gasteiger partial charge in [-0.1, -0.05) is 35.0 Å². The first-order valence-electron chi connectivity index (χ1n) is 6.48. The van der Waals surface area contributed by atoms with Crippen molar-refractivity contribution in [2.45, 2.75) is 32.4 Å². The SMILES string of the molecule is Cc1noc(C2CCC(=O)N2Cc2ccccc2Cl)n1. The lowest BCUT2D eigenvalue weighted by molar-refractivity contribution is -0.129. The Morgan fingerprint density at radius 3 is 2.95 bits per heavy atom. The molecule has 1 fully saturated rings. The van der Waals surface area contributed by atoms with Crippen molar-refractivity contribution in [3.05, 3.63) is 46.6 Å². The fourth-order valence-electron chi connectivity index (χ4n) is 2.45. The zero-order chi connectivity index (χ0) is 14.1. The van der Waals surface area contributed by atoms with Crippen LogP contribution in [0.3, 0.4) is 0 Å². The van der Waals surface area contributed by atoms with E-state index in [1.165, 1.54) is 0 Å². The number of amides is 1. The highest BCUT2D eigenvalue weighted by molar-refractivity contribution is 6.31. The van der Waals surface area contributed by atoms with Crippen molar-refractivity contribution in [1.82, 2.24) is 15.0 Å². The van der Waals surface area contributed by atoms with Crippen LogP contribution in [0.1, 0.15) is 36.2 Å². The molecule has 6 heteroatoms. The van der Waals surface area contributed by atoms with Crippen LogP contribution in [0.5, 0.6) is 0 Å². The summed E-state index contributed by atoms with van der Waals surface area (Å²) in [5.41, 5.74) is 0.922. The minimum atomic E-state index is -0.153. The van der Waals surface area contributed by atoms with Gasteiger partial charge in [-0.2, -0.15) is 4.98 Å². The lowest BCUT2D eigenvalue weighted by Crippen LogP contribution is -2.27. The Labute approximate surface area is 121 Å². The number of aryl methyl sites for hydroxylation is 1. The van der Waals surface area contributed by atoms with E-state index in [-0.39, 0.29) is 11.9 Å². The van der Waals surface area contributed by atoms with Crippen molar-refractivity contribution < 1.29 is 9.32 Å². The maximum absolute atomic E-state index is 12.1. The van der Waals surface area contributed by atoms with Crippen LogP contribution in [0.15, 0.2) is 28.8 Å². The van der Waals surface area contributed by atoms with E-state index >= 15 is 0 Å². The molecule has 1 aliphatic heterocycles. The van der Waals surface area contributed by atoms with Gasteiger partial charge < -0.3 is 9.42 Å². The van der Waals surface area contributed by atoms with Crippen LogP contribution in [0, 0.1) is 6.92 Å². The Morgan fingerprint density at radius 2 is 2.25 bits per heavy atom. The topological polar surface area (TPSA) is 59.2 Å². The number of aromatic nitrogens is 2. The predicted molar refractivity (Wildman–Crippen MR) is 73.0 cm³/mol. The minimum absolute atomic E-state index is 0.0887. The molecule has 0 saturated carbocycles. The monoisotopic (exact) mass is 291 g/mol. The number of nitrogens with zero attached hydrogens (tertiary/aromatic N) is 3. The summed E-state index contributed by atoms with van der Waals surface area (Å²) in [6.45, 7) is 2.23. The normalized spacial score (nSPS) is 18.8. The van der Waals surface area contributed by atoms with Crippen molar-refractivity contribution >= 4 is 17.5 Å². The summed E-state index contributed by atoms with van der Waals surface area (Å²) in [5.74, 6) is 1.17. The highest BCUT2D eigenvalue weighted by Crippen LogP contribution is 2.34. The molecule has 0 N–H and O–H groups in total. The zero-order valence-electron chi connectivity index (χ0n) is 11.0. The fourth-order valence-corrected chi connectivity index (χ4v) is 2.64. The van der Waals surface area contributed by atoms with Gasteiger partial charge >= 0.3 is 0 Å². The fraction of sp³-hybridized carbons (Fsp3) is 0.357. The molecule has 104 valence electrons. The van der Waals surface area contributed by atoms with E-state index in [0.717, 1.165) is 5.56 Å². The smallest absolute Gasteiger partial charge is 0.249 e. The van der Waals surface area contributed by atoms with E-state index in [0.29, 0.717) is 36.1 Å². The molecule has 1 saturated heterocycles. The van der Waals surface area contributed by atoms with Crippen LogP contribution >= 0.6 is 11.6 Å². The molecule has 1 amide bonds. The maximum Gasteiger partial charge on any atom is 0.249 e. The molecule has 1 aromatic heterocycles. The molecule has 0 spiro atoms. The Hall–Kier alpha value is -1.88. The molecule has 5 nitrogen and oxygen atoms in total. The summed E-state index contributed by atoms with van der Waals surface area (Å²) in [4.78, 5) is 18.1. The molecule has 1 atom stereocenters. The van der Waals surface area contributed by atoms with Gasteiger partial charge in [-0.15, -0.1) is 0 Å². The van der Waals surface area contributed by atoms with E-state index in [9.17, 15) is 4.79 Å². The van der Waals surface area contributed by atoms with Crippen LogP contribution in [-0.2, 0) is 11.3 Å². The van der Waals surface area contributed by atoms with E-state index in [4.69, 9.17) is 16.1 Å². The van der Waals surface area contributed by atoms with Gasteiger partial charge in [0.05, 0.1) is 0 Å². The second-order valence-electron chi connectivity index (χ2n) is 4.85. The first-order chi connectivity index (χ1) is 9.65. The molecular weight excluding hydrogens is 278 g/mol. The van der Waals surface area contributed by atoms with Gasteiger partial charge in [0, 0.05) is 18.0 Å². The van der Waals surface area contributed by atoms with Crippen molar-refractivity contribution in [2.24, 2.45) is 0 Å². The molecule has 1 unspecified atom stereocenters. The summed E-state index contributed by atoms with van der Waals surface area (Å²) in [5, 5.41) is 4.46. The van der Waals surface area contributed by atoms with Gasteiger partial charge in [0.15, 0.2) is 5.82 Å². The summed E-state index contributed by atoms with van der Waals surface area (Å²) in [7, 11) is 0. The Morgan fingerprint density at radius 1 is 1.45 bits per heavy atom. The van der Waals surface area contributed by atoms with Crippen LogP contribution in [-0.4, -0.2) is 20.9 Å². The number of carbonyl (C=O) groups is 1. The highest BCUT2D eigenvalue weighted by atomic mass is 35.5. The molecule has 2 aromatic rings. The summed E-state index contributed by atoms with van der Waals surface area (Å²) in [6, 6.07) is 7.37. The molecule has 3 rings (SSSR count). The van der Waals surface area contributed by atoms with Gasteiger partial charge in [0.2, 0.25) is 11.8 Å². The van der Waals surface area contributed by atoms with Gasteiger partial charge in [-0.25, -0.2) is 0 Å². The zero-order valence-corrected chi connectivity index (χ0v) is 11.8. The first-order valence-corrected chi connectivity index (χ1v) is 6.86. The van der Waals surface area contributed by atoms with Gasteiger partial charge in [0.1, 0.15) is 6.04 Å². The Bertz CT molecular complexity index is 641. The van der Waals surface area contributed by atoms with Gasteiger partial charge in [-0.05, 0) is 25.0 Å².